The number of hydrogen-bond donors (Lipinski definition) is 2. The topological polar surface area (TPSA) is 112 Å². The summed E-state index contributed by atoms with van der Waals surface area (Å²) in [6.45, 7) is 1.48. The van der Waals surface area contributed by atoms with Crippen molar-refractivity contribution in [1.82, 2.24) is 9.78 Å². The third-order valence-electron chi connectivity index (χ3n) is 5.28. The molecule has 2 heterocycles. The highest BCUT2D eigenvalue weighted by Gasteiger charge is 2.35. The number of amides is 2. The highest BCUT2D eigenvalue weighted by molar-refractivity contribution is 6.04. The molecule has 1 unspecified atom stereocenters. The fourth-order valence-corrected chi connectivity index (χ4v) is 3.60. The summed E-state index contributed by atoms with van der Waals surface area (Å²) in [7, 11) is 3.11. The number of methoxy groups -OCH3 is 2. The molecule has 0 aliphatic carbocycles. The van der Waals surface area contributed by atoms with E-state index in [9.17, 15) is 14.4 Å². The van der Waals surface area contributed by atoms with Crippen LogP contribution in [0.1, 0.15) is 29.7 Å². The SMILES string of the molecule is COc1ccc(-c2cnn3c2NC(=O)C3CC(=O)Nc2ccc(C(C)=O)cc2)cc1OC. The van der Waals surface area contributed by atoms with Gasteiger partial charge in [0.25, 0.3) is 5.91 Å². The van der Waals surface area contributed by atoms with Crippen molar-refractivity contribution in [2.24, 2.45) is 0 Å². The lowest BCUT2D eigenvalue weighted by Gasteiger charge is -2.10. The number of nitrogens with zero attached hydrogens (tertiary/aromatic N) is 2. The van der Waals surface area contributed by atoms with E-state index in [2.05, 4.69) is 15.7 Å². The van der Waals surface area contributed by atoms with E-state index in [1.807, 2.05) is 6.07 Å². The molecule has 2 amide bonds. The highest BCUT2D eigenvalue weighted by atomic mass is 16.5. The Kier molecular flexibility index (Phi) is 5.63. The number of ether oxygens (including phenoxy) is 2. The van der Waals surface area contributed by atoms with Gasteiger partial charge < -0.3 is 20.1 Å². The van der Waals surface area contributed by atoms with Gasteiger partial charge in [0.05, 0.1) is 26.8 Å². The minimum Gasteiger partial charge on any atom is -0.493 e. The number of rotatable bonds is 7. The molecule has 1 aliphatic heterocycles. The Morgan fingerprint density at radius 3 is 2.47 bits per heavy atom. The number of ketones is 1. The summed E-state index contributed by atoms with van der Waals surface area (Å²) in [6, 6.07) is 11.2. The van der Waals surface area contributed by atoms with Crippen LogP contribution in [0.2, 0.25) is 0 Å². The quantitative estimate of drug-likeness (QED) is 0.552. The van der Waals surface area contributed by atoms with Crippen molar-refractivity contribution in [1.29, 1.82) is 0 Å². The number of aromatic nitrogens is 2. The van der Waals surface area contributed by atoms with Crippen LogP contribution >= 0.6 is 0 Å². The Morgan fingerprint density at radius 1 is 1.09 bits per heavy atom. The van der Waals surface area contributed by atoms with E-state index in [4.69, 9.17) is 9.47 Å². The maximum Gasteiger partial charge on any atom is 0.251 e. The van der Waals surface area contributed by atoms with E-state index in [1.165, 1.54) is 11.6 Å². The monoisotopic (exact) mass is 434 g/mol. The van der Waals surface area contributed by atoms with Gasteiger partial charge in [-0.05, 0) is 48.9 Å². The first kappa shape index (κ1) is 21.1. The van der Waals surface area contributed by atoms with Crippen molar-refractivity contribution in [3.05, 3.63) is 54.2 Å². The maximum absolute atomic E-state index is 12.6. The van der Waals surface area contributed by atoms with Gasteiger partial charge in [0, 0.05) is 16.8 Å². The predicted molar refractivity (Wildman–Crippen MR) is 118 cm³/mol. The molecule has 2 aromatic carbocycles. The molecule has 32 heavy (non-hydrogen) atoms. The van der Waals surface area contributed by atoms with E-state index >= 15 is 0 Å². The summed E-state index contributed by atoms with van der Waals surface area (Å²) in [4.78, 5) is 36.5. The molecule has 1 aliphatic rings. The van der Waals surface area contributed by atoms with Crippen LogP contribution in [0.4, 0.5) is 11.5 Å². The molecule has 1 aromatic heterocycles. The van der Waals surface area contributed by atoms with Gasteiger partial charge in [0.1, 0.15) is 11.9 Å². The Hall–Kier alpha value is -4.14. The molecule has 2 N–H and O–H groups in total. The summed E-state index contributed by atoms with van der Waals surface area (Å²) in [5.74, 6) is 0.970. The standard InChI is InChI=1S/C23H22N4O5/c1-13(28)14-4-7-16(8-5-14)25-21(29)11-18-23(30)26-22-17(12-24-27(18)22)15-6-9-19(31-2)20(10-15)32-3/h4-10,12,18H,11H2,1-3H3,(H,25,29)(H,26,30). The number of hydrogen-bond acceptors (Lipinski definition) is 6. The van der Waals surface area contributed by atoms with E-state index in [0.717, 1.165) is 5.56 Å². The summed E-state index contributed by atoms with van der Waals surface area (Å²) < 4.78 is 12.1. The van der Waals surface area contributed by atoms with E-state index < -0.39 is 6.04 Å². The van der Waals surface area contributed by atoms with Crippen LogP contribution in [0, 0.1) is 0 Å². The molecule has 0 spiro atoms. The van der Waals surface area contributed by atoms with E-state index in [1.54, 1.807) is 56.8 Å². The number of carbonyl (C=O) groups excluding carboxylic acids is 3. The number of carbonyl (C=O) groups is 3. The fourth-order valence-electron chi connectivity index (χ4n) is 3.60. The van der Waals surface area contributed by atoms with Crippen molar-refractivity contribution in [3.8, 4) is 22.6 Å². The van der Waals surface area contributed by atoms with Crippen LogP contribution in [0.25, 0.3) is 11.1 Å². The zero-order valence-electron chi connectivity index (χ0n) is 17.8. The van der Waals surface area contributed by atoms with Crippen LogP contribution in [-0.2, 0) is 9.59 Å². The third-order valence-corrected chi connectivity index (χ3v) is 5.28. The average Bonchev–Trinajstić information content (AvgIpc) is 3.32. The first-order valence-electron chi connectivity index (χ1n) is 9.93. The Labute approximate surface area is 184 Å². The lowest BCUT2D eigenvalue weighted by molar-refractivity contribution is -0.123. The minimum absolute atomic E-state index is 0.0537. The Morgan fingerprint density at radius 2 is 1.81 bits per heavy atom. The number of Topliss-reactive ketones (excluding diaryl/α,β-unsaturated/α-hetero) is 1. The summed E-state index contributed by atoms with van der Waals surface area (Å²) in [5, 5.41) is 9.91. The Balaban J connectivity index is 1.52. The molecule has 164 valence electrons. The molecular formula is C23H22N4O5. The van der Waals surface area contributed by atoms with Gasteiger partial charge in [-0.25, -0.2) is 4.68 Å². The van der Waals surface area contributed by atoms with Crippen LogP contribution in [0.15, 0.2) is 48.7 Å². The molecule has 0 saturated heterocycles. The van der Waals surface area contributed by atoms with Gasteiger partial charge in [-0.15, -0.1) is 0 Å². The van der Waals surface area contributed by atoms with Gasteiger partial charge in [-0.1, -0.05) is 6.07 Å². The van der Waals surface area contributed by atoms with Crippen LogP contribution in [-0.4, -0.2) is 41.6 Å². The van der Waals surface area contributed by atoms with Crippen molar-refractivity contribution in [2.45, 2.75) is 19.4 Å². The van der Waals surface area contributed by atoms with Crippen molar-refractivity contribution < 1.29 is 23.9 Å². The molecule has 9 heteroatoms. The second kappa shape index (κ2) is 8.54. The number of anilines is 2. The molecule has 0 bridgehead atoms. The van der Waals surface area contributed by atoms with Crippen LogP contribution in [0.3, 0.4) is 0 Å². The second-order valence-corrected chi connectivity index (χ2v) is 7.31. The van der Waals surface area contributed by atoms with Gasteiger partial charge in [-0.2, -0.15) is 5.10 Å². The zero-order valence-corrected chi connectivity index (χ0v) is 17.8. The zero-order chi connectivity index (χ0) is 22.8. The first-order valence-corrected chi connectivity index (χ1v) is 9.93. The smallest absolute Gasteiger partial charge is 0.251 e. The molecule has 9 nitrogen and oxygen atoms in total. The largest absolute Gasteiger partial charge is 0.493 e. The average molecular weight is 434 g/mol. The lowest BCUT2D eigenvalue weighted by atomic mass is 10.1. The van der Waals surface area contributed by atoms with E-state index in [0.29, 0.717) is 34.1 Å². The summed E-state index contributed by atoms with van der Waals surface area (Å²) >= 11 is 0. The van der Waals surface area contributed by atoms with Gasteiger partial charge >= 0.3 is 0 Å². The molecule has 3 aromatic rings. The van der Waals surface area contributed by atoms with Gasteiger partial charge in [-0.3, -0.25) is 14.4 Å². The fraction of sp³-hybridized carbons (Fsp3) is 0.217. The first-order chi connectivity index (χ1) is 15.4. The maximum atomic E-state index is 12.6. The molecule has 0 fully saturated rings. The van der Waals surface area contributed by atoms with Crippen molar-refractivity contribution >= 4 is 29.1 Å². The molecule has 1 atom stereocenters. The van der Waals surface area contributed by atoms with E-state index in [-0.39, 0.29) is 24.0 Å². The number of benzene rings is 2. The number of fused-ring (bicyclic) bond motifs is 1. The highest BCUT2D eigenvalue weighted by Crippen LogP contribution is 2.39. The molecule has 0 saturated carbocycles. The minimum atomic E-state index is -0.768. The molecule has 4 rings (SSSR count). The molecular weight excluding hydrogens is 412 g/mol. The van der Waals surface area contributed by atoms with Crippen LogP contribution in [0.5, 0.6) is 11.5 Å². The van der Waals surface area contributed by atoms with Gasteiger partial charge in [0.15, 0.2) is 17.3 Å². The summed E-state index contributed by atoms with van der Waals surface area (Å²) in [5.41, 5.74) is 2.61. The summed E-state index contributed by atoms with van der Waals surface area (Å²) in [6.07, 6.45) is 1.56. The van der Waals surface area contributed by atoms with Crippen molar-refractivity contribution in [3.63, 3.8) is 0 Å². The Bertz CT molecular complexity index is 1200. The lowest BCUT2D eigenvalue weighted by Crippen LogP contribution is -2.23. The predicted octanol–water partition coefficient (Wildman–Crippen LogP) is 3.29. The van der Waals surface area contributed by atoms with Crippen molar-refractivity contribution in [2.75, 3.05) is 24.9 Å². The second-order valence-electron chi connectivity index (χ2n) is 7.31. The number of nitrogens with one attached hydrogen (secondary N) is 2. The van der Waals surface area contributed by atoms with Crippen LogP contribution < -0.4 is 20.1 Å². The van der Waals surface area contributed by atoms with Gasteiger partial charge in [0.2, 0.25) is 5.91 Å². The third kappa shape index (κ3) is 3.92. The molecule has 0 radical (unpaired) electrons. The normalized spacial score (nSPS) is 14.5.